The van der Waals surface area contributed by atoms with Gasteiger partial charge in [-0.1, -0.05) is 152 Å². The second-order valence-electron chi connectivity index (χ2n) is 14.8. The largest absolute Gasteiger partial charge is 0.309 e. The number of fused-ring (bicyclic) bond motifs is 9. The van der Waals surface area contributed by atoms with Crippen LogP contribution in [-0.4, -0.2) is 19.5 Å². The number of nitrogens with zero attached hydrogens (tertiary/aromatic N) is 4. The van der Waals surface area contributed by atoms with Crippen LogP contribution in [-0.2, 0) is 0 Å². The molecule has 9 aromatic carbocycles. The van der Waals surface area contributed by atoms with E-state index in [0.717, 1.165) is 27.1 Å². The Bertz CT molecular complexity index is 3490. The van der Waals surface area contributed by atoms with Gasteiger partial charge < -0.3 is 4.57 Å². The Kier molecular flexibility index (Phi) is 7.37. The van der Waals surface area contributed by atoms with Crippen LogP contribution in [0.4, 0.5) is 0 Å². The van der Waals surface area contributed by atoms with Gasteiger partial charge in [-0.25, -0.2) is 15.0 Å². The zero-order valence-electron chi connectivity index (χ0n) is 31.2. The number of aromatic nitrogens is 4. The number of hydrogen-bond donors (Lipinski definition) is 0. The topological polar surface area (TPSA) is 43.6 Å². The third-order valence-corrected chi connectivity index (χ3v) is 12.7. The summed E-state index contributed by atoms with van der Waals surface area (Å²) < 4.78 is 4.82. The fraction of sp³-hybridized carbons (Fsp3) is 0. The minimum atomic E-state index is 0.658. The molecule has 0 aliphatic heterocycles. The van der Waals surface area contributed by atoms with Crippen LogP contribution in [0.3, 0.4) is 0 Å². The van der Waals surface area contributed by atoms with Crippen molar-refractivity contribution in [1.29, 1.82) is 0 Å². The van der Waals surface area contributed by atoms with Crippen molar-refractivity contribution in [3.63, 3.8) is 0 Å². The van der Waals surface area contributed by atoms with Gasteiger partial charge >= 0.3 is 0 Å². The second kappa shape index (κ2) is 13.1. The average molecular weight is 757 g/mol. The summed E-state index contributed by atoms with van der Waals surface area (Å²) in [6, 6.07) is 69.2. The lowest BCUT2D eigenvalue weighted by Gasteiger charge is -2.11. The molecular weight excluding hydrogens is 725 g/mol. The van der Waals surface area contributed by atoms with Gasteiger partial charge in [0.15, 0.2) is 17.5 Å². The highest BCUT2D eigenvalue weighted by Crippen LogP contribution is 2.47. The molecule has 12 rings (SSSR count). The second-order valence-corrected chi connectivity index (χ2v) is 15.8. The summed E-state index contributed by atoms with van der Waals surface area (Å²) in [7, 11) is 0. The van der Waals surface area contributed by atoms with E-state index in [1.165, 1.54) is 70.0 Å². The lowest BCUT2D eigenvalue weighted by atomic mass is 9.96. The van der Waals surface area contributed by atoms with E-state index < -0.39 is 0 Å². The van der Waals surface area contributed by atoms with Gasteiger partial charge in [-0.15, -0.1) is 11.3 Å². The summed E-state index contributed by atoms with van der Waals surface area (Å²) in [4.78, 5) is 15.2. The Morgan fingerprint density at radius 2 is 0.931 bits per heavy atom. The van der Waals surface area contributed by atoms with Gasteiger partial charge in [-0.3, -0.25) is 0 Å². The van der Waals surface area contributed by atoms with E-state index >= 15 is 0 Å². The van der Waals surface area contributed by atoms with Gasteiger partial charge in [0.05, 0.1) is 11.0 Å². The number of hydrogen-bond acceptors (Lipinski definition) is 4. The molecule has 270 valence electrons. The SMILES string of the molecule is c1ccc(-c2nc(-c3ccccc3)nc(-c3cccc4c3sc3c(-c5ccc(-n6c7ccccc7c7cc8ccccc8cc76)cc5)cc5ccccc5c34)n2)cc1. The van der Waals surface area contributed by atoms with E-state index in [0.29, 0.717) is 17.5 Å². The maximum absolute atomic E-state index is 5.14. The van der Waals surface area contributed by atoms with Crippen LogP contribution >= 0.6 is 11.3 Å². The normalized spacial score (nSPS) is 11.8. The zero-order valence-corrected chi connectivity index (χ0v) is 32.0. The van der Waals surface area contributed by atoms with Gasteiger partial charge in [-0.2, -0.15) is 0 Å². The molecule has 3 heterocycles. The van der Waals surface area contributed by atoms with Gasteiger partial charge in [0.2, 0.25) is 0 Å². The third-order valence-electron chi connectivity index (χ3n) is 11.4. The van der Waals surface area contributed by atoms with Crippen molar-refractivity contribution in [3.05, 3.63) is 194 Å². The van der Waals surface area contributed by atoms with E-state index in [-0.39, 0.29) is 0 Å². The number of rotatable bonds is 5. The third kappa shape index (κ3) is 5.18. The first-order valence-electron chi connectivity index (χ1n) is 19.5. The van der Waals surface area contributed by atoms with Crippen molar-refractivity contribution in [2.45, 2.75) is 0 Å². The van der Waals surface area contributed by atoms with Crippen LogP contribution in [0.5, 0.6) is 0 Å². The van der Waals surface area contributed by atoms with Gasteiger partial charge in [0.1, 0.15) is 0 Å². The Hall–Kier alpha value is -7.47. The van der Waals surface area contributed by atoms with E-state index in [1.54, 1.807) is 0 Å². The molecule has 5 heteroatoms. The minimum absolute atomic E-state index is 0.658. The first-order chi connectivity index (χ1) is 28.7. The summed E-state index contributed by atoms with van der Waals surface area (Å²) in [6.45, 7) is 0. The van der Waals surface area contributed by atoms with E-state index in [2.05, 4.69) is 162 Å². The molecule has 0 fully saturated rings. The summed E-state index contributed by atoms with van der Waals surface area (Å²) in [6.07, 6.45) is 0. The fourth-order valence-electron chi connectivity index (χ4n) is 8.69. The first kappa shape index (κ1) is 32.7. The summed E-state index contributed by atoms with van der Waals surface area (Å²) in [5.41, 5.74) is 8.86. The first-order valence-corrected chi connectivity index (χ1v) is 20.3. The van der Waals surface area contributed by atoms with Crippen LogP contribution in [0.1, 0.15) is 0 Å². The summed E-state index contributed by atoms with van der Waals surface area (Å²) in [5, 5.41) is 9.93. The van der Waals surface area contributed by atoms with Crippen LogP contribution in [0.2, 0.25) is 0 Å². The molecule has 0 saturated carbocycles. The lowest BCUT2D eigenvalue weighted by Crippen LogP contribution is -2.00. The highest BCUT2D eigenvalue weighted by atomic mass is 32.1. The molecule has 4 nitrogen and oxygen atoms in total. The van der Waals surface area contributed by atoms with Crippen LogP contribution in [0.25, 0.3) is 115 Å². The quantitative estimate of drug-likeness (QED) is 0.176. The predicted molar refractivity (Wildman–Crippen MR) is 244 cm³/mol. The number of para-hydroxylation sites is 1. The lowest BCUT2D eigenvalue weighted by molar-refractivity contribution is 1.08. The highest BCUT2D eigenvalue weighted by molar-refractivity contribution is 7.27. The maximum Gasteiger partial charge on any atom is 0.165 e. The Morgan fingerprint density at radius 3 is 1.66 bits per heavy atom. The van der Waals surface area contributed by atoms with Crippen molar-refractivity contribution in [3.8, 4) is 51.0 Å². The van der Waals surface area contributed by atoms with Crippen LogP contribution in [0.15, 0.2) is 194 Å². The van der Waals surface area contributed by atoms with Gasteiger partial charge in [-0.05, 0) is 69.6 Å². The van der Waals surface area contributed by atoms with Crippen molar-refractivity contribution < 1.29 is 0 Å². The Balaban J connectivity index is 1.06. The molecular formula is C53H32N4S. The average Bonchev–Trinajstić information content (AvgIpc) is 3.85. The molecule has 0 aliphatic rings. The van der Waals surface area contributed by atoms with Crippen molar-refractivity contribution in [2.75, 3.05) is 0 Å². The van der Waals surface area contributed by atoms with Gasteiger partial charge in [0, 0.05) is 58.9 Å². The highest BCUT2D eigenvalue weighted by Gasteiger charge is 2.20. The smallest absolute Gasteiger partial charge is 0.165 e. The predicted octanol–water partition coefficient (Wildman–Crippen LogP) is 14.3. The van der Waals surface area contributed by atoms with Crippen LogP contribution in [0, 0.1) is 0 Å². The summed E-state index contributed by atoms with van der Waals surface area (Å²) in [5.74, 6) is 1.98. The van der Waals surface area contributed by atoms with Gasteiger partial charge in [0.25, 0.3) is 0 Å². The summed E-state index contributed by atoms with van der Waals surface area (Å²) >= 11 is 1.82. The maximum atomic E-state index is 5.14. The molecule has 0 saturated heterocycles. The Labute approximate surface area is 338 Å². The molecule has 58 heavy (non-hydrogen) atoms. The molecule has 0 N–H and O–H groups in total. The molecule has 0 spiro atoms. The molecule has 0 bridgehead atoms. The molecule has 0 atom stereocenters. The van der Waals surface area contributed by atoms with E-state index in [9.17, 15) is 0 Å². The minimum Gasteiger partial charge on any atom is -0.309 e. The van der Waals surface area contributed by atoms with Crippen molar-refractivity contribution in [1.82, 2.24) is 19.5 Å². The Morgan fingerprint density at radius 1 is 0.345 bits per heavy atom. The fourth-order valence-corrected chi connectivity index (χ4v) is 10.1. The number of benzene rings is 9. The molecule has 0 unspecified atom stereocenters. The monoisotopic (exact) mass is 756 g/mol. The molecule has 12 aromatic rings. The van der Waals surface area contributed by atoms with E-state index in [1.807, 2.05) is 47.7 Å². The molecule has 0 radical (unpaired) electrons. The van der Waals surface area contributed by atoms with Crippen molar-refractivity contribution >= 4 is 74.9 Å². The molecule has 3 aromatic heterocycles. The molecule has 0 aliphatic carbocycles. The van der Waals surface area contributed by atoms with Crippen LogP contribution < -0.4 is 0 Å². The molecule has 0 amide bonds. The zero-order chi connectivity index (χ0) is 38.2. The standard InChI is InChI=1S/C53H32N4S/c1-3-14-34(15-4-1)51-54-52(35-16-5-2-6-17-35)56-53(55-51)43-24-13-23-42-48-40-21-10-9-20-38(40)31-44(50(48)58-49(42)43)33-26-28-39(29-27-33)57-46-25-12-11-22-41(46)45-30-36-18-7-8-19-37(36)32-47(45)57/h1-32H. The van der Waals surface area contributed by atoms with E-state index in [4.69, 9.17) is 15.0 Å². The number of thiophene rings is 1. The van der Waals surface area contributed by atoms with Crippen molar-refractivity contribution in [2.24, 2.45) is 0 Å².